The number of unbranched alkanes of at least 4 members (excludes halogenated alkanes) is 22. The molecule has 0 heterocycles. The van der Waals surface area contributed by atoms with E-state index < -0.39 is 48.6 Å². The van der Waals surface area contributed by atoms with Crippen molar-refractivity contribution in [2.45, 2.75) is 272 Å². The van der Waals surface area contributed by atoms with Gasteiger partial charge >= 0.3 is 11.9 Å². The van der Waals surface area contributed by atoms with Crippen LogP contribution in [0.25, 0.3) is 0 Å². The number of carboxylic acids is 2. The Balaban J connectivity index is -0.000000117. The van der Waals surface area contributed by atoms with Crippen molar-refractivity contribution < 1.29 is 81.1 Å². The van der Waals surface area contributed by atoms with E-state index in [-0.39, 0.29) is 39.6 Å². The van der Waals surface area contributed by atoms with E-state index in [4.69, 9.17) is 71.5 Å². The molecule has 0 aromatic carbocycles. The van der Waals surface area contributed by atoms with Crippen LogP contribution in [0.15, 0.2) is 24.3 Å². The Labute approximate surface area is 427 Å². The molecule has 428 valence electrons. The molecule has 0 aliphatic carbocycles. The van der Waals surface area contributed by atoms with Gasteiger partial charge in [-0.25, -0.2) is 0 Å². The first-order valence-corrected chi connectivity index (χ1v) is 26.6. The molecular formula is C54H116O16. The highest BCUT2D eigenvalue weighted by Gasteiger charge is 1.97. The fraction of sp³-hybridized carbons (Fsp3) is 0.889. The monoisotopic (exact) mass is 1020 g/mol. The van der Waals surface area contributed by atoms with Gasteiger partial charge in [-0.2, -0.15) is 0 Å². The lowest BCUT2D eigenvalue weighted by molar-refractivity contribution is -0.138. The number of aliphatic hydroxyl groups excluding tert-OH is 12. The summed E-state index contributed by atoms with van der Waals surface area (Å²) in [7, 11) is 0. The van der Waals surface area contributed by atoms with Crippen molar-refractivity contribution in [3.05, 3.63) is 24.3 Å². The zero-order valence-corrected chi connectivity index (χ0v) is 45.9. The van der Waals surface area contributed by atoms with Crippen molar-refractivity contribution in [1.29, 1.82) is 0 Å². The van der Waals surface area contributed by atoms with Gasteiger partial charge in [-0.15, -0.1) is 0 Å². The van der Waals surface area contributed by atoms with E-state index >= 15 is 0 Å². The molecule has 0 aromatic heterocycles. The number of carbonyl (C=O) groups is 2. The fourth-order valence-corrected chi connectivity index (χ4v) is 4.69. The van der Waals surface area contributed by atoms with Gasteiger partial charge in [0.1, 0.15) is 0 Å². The Kier molecular flexibility index (Phi) is 98.1. The summed E-state index contributed by atoms with van der Waals surface area (Å²) in [5, 5.41) is 113. The smallest absolute Gasteiger partial charge is 0.303 e. The van der Waals surface area contributed by atoms with E-state index in [1.807, 2.05) is 0 Å². The van der Waals surface area contributed by atoms with Crippen LogP contribution in [0.3, 0.4) is 0 Å². The molecule has 16 heteroatoms. The third-order valence-electron chi connectivity index (χ3n) is 8.89. The molecule has 0 aliphatic rings. The molecule has 0 fully saturated rings. The van der Waals surface area contributed by atoms with Gasteiger partial charge in [-0.05, 0) is 106 Å². The maximum atomic E-state index is 10.3. The van der Waals surface area contributed by atoms with Gasteiger partial charge in [0.25, 0.3) is 0 Å². The van der Waals surface area contributed by atoms with Crippen LogP contribution < -0.4 is 0 Å². The molecule has 0 saturated carbocycles. The summed E-state index contributed by atoms with van der Waals surface area (Å²) in [5.74, 6) is -1.33. The van der Waals surface area contributed by atoms with Gasteiger partial charge in [0.05, 0.1) is 76.3 Å². The quantitative estimate of drug-likeness (QED) is 0.0207. The van der Waals surface area contributed by atoms with Gasteiger partial charge in [0.15, 0.2) is 0 Å². The lowest BCUT2D eigenvalue weighted by atomic mass is 10.1. The number of aliphatic carboxylic acids is 2. The standard InChI is InChI=1S/2C18H34O2.6C3H8O2/c2*1-2-3-4-5-6-7-8-9-10-11-12-13-14-15-16-17-18(19)20;6*1-3(5)2-4/h2*9-10H,2-8,11-17H2,1H3,(H,19,20);6*3-5H,2H2,1H3. The summed E-state index contributed by atoms with van der Waals surface area (Å²) < 4.78 is 0. The highest BCUT2D eigenvalue weighted by atomic mass is 16.4. The van der Waals surface area contributed by atoms with Crippen LogP contribution in [0.4, 0.5) is 0 Å². The average molecular weight is 1020 g/mol. The van der Waals surface area contributed by atoms with E-state index in [1.54, 1.807) is 0 Å². The van der Waals surface area contributed by atoms with E-state index in [9.17, 15) is 9.59 Å². The predicted octanol–water partition coefficient (Wildman–Crippen LogP) is 8.37. The van der Waals surface area contributed by atoms with Crippen molar-refractivity contribution >= 4 is 11.9 Å². The number of rotatable bonds is 36. The Morgan fingerprint density at radius 2 is 0.443 bits per heavy atom. The molecule has 0 saturated heterocycles. The highest BCUT2D eigenvalue weighted by molar-refractivity contribution is 5.66. The second-order valence-electron chi connectivity index (χ2n) is 17.6. The van der Waals surface area contributed by atoms with Gasteiger partial charge in [-0.3, -0.25) is 9.59 Å². The fourth-order valence-electron chi connectivity index (χ4n) is 4.69. The Bertz CT molecular complexity index is 833. The van der Waals surface area contributed by atoms with Crippen LogP contribution in [-0.2, 0) is 9.59 Å². The lowest BCUT2D eigenvalue weighted by Gasteiger charge is -1.99. The third kappa shape index (κ3) is 144. The summed E-state index contributed by atoms with van der Waals surface area (Å²) in [4.78, 5) is 20.6. The summed E-state index contributed by atoms with van der Waals surface area (Å²) in [5.41, 5.74) is 0. The molecule has 0 amide bonds. The van der Waals surface area contributed by atoms with Crippen molar-refractivity contribution in [2.24, 2.45) is 0 Å². The number of aliphatic hydroxyl groups is 12. The molecule has 6 atom stereocenters. The molecular weight excluding hydrogens is 905 g/mol. The van der Waals surface area contributed by atoms with E-state index in [2.05, 4.69) is 38.2 Å². The molecule has 0 bridgehead atoms. The lowest BCUT2D eigenvalue weighted by Crippen LogP contribution is -2.03. The predicted molar refractivity (Wildman–Crippen MR) is 287 cm³/mol. The van der Waals surface area contributed by atoms with Crippen LogP contribution in [0.5, 0.6) is 0 Å². The second kappa shape index (κ2) is 81.0. The normalized spacial score (nSPS) is 12.9. The molecule has 0 radical (unpaired) electrons. The van der Waals surface area contributed by atoms with Gasteiger partial charge < -0.3 is 71.5 Å². The van der Waals surface area contributed by atoms with Gasteiger partial charge in [0.2, 0.25) is 0 Å². The first-order chi connectivity index (χ1) is 33.2. The second-order valence-corrected chi connectivity index (χ2v) is 17.6. The molecule has 0 spiro atoms. The average Bonchev–Trinajstić information content (AvgIpc) is 3.32. The van der Waals surface area contributed by atoms with Gasteiger partial charge in [0, 0.05) is 12.8 Å². The maximum Gasteiger partial charge on any atom is 0.303 e. The number of carboxylic acid groups (broad SMARTS) is 2. The molecule has 0 aliphatic heterocycles. The topological polar surface area (TPSA) is 317 Å². The molecule has 0 rings (SSSR count). The third-order valence-corrected chi connectivity index (χ3v) is 8.89. The minimum atomic E-state index is -0.664. The van der Waals surface area contributed by atoms with Crippen molar-refractivity contribution in [3.63, 3.8) is 0 Å². The Hall–Kier alpha value is -2.06. The highest BCUT2D eigenvalue weighted by Crippen LogP contribution is 2.11. The number of allylic oxidation sites excluding steroid dienone is 4. The van der Waals surface area contributed by atoms with Crippen LogP contribution in [0.1, 0.15) is 235 Å². The summed E-state index contributed by atoms with van der Waals surface area (Å²) in [6.07, 6.45) is 39.1. The molecule has 14 N–H and O–H groups in total. The molecule has 16 nitrogen and oxygen atoms in total. The minimum absolute atomic E-state index is 0.139. The van der Waals surface area contributed by atoms with E-state index in [0.29, 0.717) is 12.8 Å². The van der Waals surface area contributed by atoms with Crippen molar-refractivity contribution in [2.75, 3.05) is 39.6 Å². The largest absolute Gasteiger partial charge is 0.481 e. The maximum absolute atomic E-state index is 10.3. The molecule has 0 aromatic rings. The Morgan fingerprint density at radius 3 is 0.586 bits per heavy atom. The molecule has 70 heavy (non-hydrogen) atoms. The zero-order chi connectivity index (χ0) is 55.5. The van der Waals surface area contributed by atoms with Crippen LogP contribution in [0.2, 0.25) is 0 Å². The first kappa shape index (κ1) is 84.7. The first-order valence-electron chi connectivity index (χ1n) is 26.6. The number of hydrogen-bond acceptors (Lipinski definition) is 14. The van der Waals surface area contributed by atoms with E-state index in [0.717, 1.165) is 25.7 Å². The van der Waals surface area contributed by atoms with Crippen LogP contribution >= 0.6 is 0 Å². The zero-order valence-electron chi connectivity index (χ0n) is 45.9. The summed E-state index contributed by atoms with van der Waals surface area (Å²) in [6.45, 7) is 12.9. The SMILES string of the molecule is CC(O)CO.CC(O)CO.CC(O)CO.CC(O)CO.CC(O)CO.CC(O)CO.CCCCCCCCC=CCCCCCCCC(=O)O.CCCCCCCCC=CCCCCCCCC(=O)O. The van der Waals surface area contributed by atoms with Crippen LogP contribution in [0, 0.1) is 0 Å². The van der Waals surface area contributed by atoms with Gasteiger partial charge in [-0.1, -0.05) is 141 Å². The van der Waals surface area contributed by atoms with E-state index in [1.165, 1.54) is 183 Å². The molecule has 6 unspecified atom stereocenters. The minimum Gasteiger partial charge on any atom is -0.481 e. The summed E-state index contributed by atoms with van der Waals surface area (Å²) in [6, 6.07) is 0. The van der Waals surface area contributed by atoms with Crippen LogP contribution in [-0.4, -0.2) is 160 Å². The van der Waals surface area contributed by atoms with Crippen molar-refractivity contribution in [1.82, 2.24) is 0 Å². The Morgan fingerprint density at radius 1 is 0.300 bits per heavy atom. The van der Waals surface area contributed by atoms with Crippen molar-refractivity contribution in [3.8, 4) is 0 Å². The number of hydrogen-bond donors (Lipinski definition) is 14. The summed E-state index contributed by atoms with van der Waals surface area (Å²) >= 11 is 0.